The minimum absolute atomic E-state index is 0.256. The molecular formula is C11H9ClN4OS. The van der Waals surface area contributed by atoms with Gasteiger partial charge in [-0.3, -0.25) is 0 Å². The van der Waals surface area contributed by atoms with Gasteiger partial charge < -0.3 is 10.4 Å². The first-order valence-electron chi connectivity index (χ1n) is 5.08. The number of rotatable bonds is 4. The minimum atomic E-state index is -0.653. The van der Waals surface area contributed by atoms with Crippen LogP contribution >= 0.6 is 22.9 Å². The normalized spacial score (nSPS) is 11.8. The molecule has 0 fully saturated rings. The number of aliphatic hydroxyl groups is 1. The third-order valence-corrected chi connectivity index (χ3v) is 3.50. The van der Waals surface area contributed by atoms with E-state index < -0.39 is 6.10 Å². The van der Waals surface area contributed by atoms with E-state index in [0.717, 1.165) is 4.88 Å². The summed E-state index contributed by atoms with van der Waals surface area (Å²) in [7, 11) is 0. The monoisotopic (exact) mass is 280 g/mol. The van der Waals surface area contributed by atoms with Gasteiger partial charge in [0, 0.05) is 11.4 Å². The molecule has 92 valence electrons. The second-order valence-electron chi connectivity index (χ2n) is 3.44. The molecule has 0 amide bonds. The number of aromatic nitrogens is 2. The second-order valence-corrected chi connectivity index (χ2v) is 5.18. The van der Waals surface area contributed by atoms with Crippen LogP contribution < -0.4 is 5.32 Å². The number of hydrogen-bond acceptors (Lipinski definition) is 6. The van der Waals surface area contributed by atoms with Crippen LogP contribution in [0.4, 0.5) is 5.82 Å². The number of nitrogens with one attached hydrogen (secondary N) is 1. The Bertz CT molecular complexity index is 563. The second kappa shape index (κ2) is 5.78. The van der Waals surface area contributed by atoms with Crippen molar-refractivity contribution < 1.29 is 5.11 Å². The molecule has 0 saturated heterocycles. The summed E-state index contributed by atoms with van der Waals surface area (Å²) in [5, 5.41) is 21.4. The van der Waals surface area contributed by atoms with Crippen LogP contribution in [0.1, 0.15) is 16.7 Å². The number of halogens is 1. The summed E-state index contributed by atoms with van der Waals surface area (Å²) in [6.07, 6.45) is 2.17. The first-order valence-corrected chi connectivity index (χ1v) is 6.28. The number of thiophene rings is 1. The van der Waals surface area contributed by atoms with Crippen molar-refractivity contribution >= 4 is 28.8 Å². The quantitative estimate of drug-likeness (QED) is 0.897. The molecular weight excluding hydrogens is 272 g/mol. The lowest BCUT2D eigenvalue weighted by atomic mass is 10.3. The lowest BCUT2D eigenvalue weighted by Crippen LogP contribution is -2.12. The highest BCUT2D eigenvalue weighted by molar-refractivity contribution is 7.16. The summed E-state index contributed by atoms with van der Waals surface area (Å²) in [5.41, 5.74) is 0.256. The molecule has 0 aromatic carbocycles. The van der Waals surface area contributed by atoms with E-state index >= 15 is 0 Å². The maximum Gasteiger partial charge on any atom is 0.158 e. The Morgan fingerprint density at radius 2 is 2.28 bits per heavy atom. The standard InChI is InChI=1S/C11H9ClN4OS/c12-10-2-1-9(18-10)8(17)5-16-11-6-14-7(3-13)4-15-11/h1-2,4,6,8,17H,5H2,(H,15,16). The van der Waals surface area contributed by atoms with Crippen LogP contribution in [-0.4, -0.2) is 21.6 Å². The van der Waals surface area contributed by atoms with Crippen LogP contribution in [0, 0.1) is 11.3 Å². The number of nitriles is 1. The van der Waals surface area contributed by atoms with Gasteiger partial charge in [0.25, 0.3) is 0 Å². The molecule has 1 atom stereocenters. The largest absolute Gasteiger partial charge is 0.386 e. The van der Waals surface area contributed by atoms with Gasteiger partial charge in [-0.15, -0.1) is 11.3 Å². The van der Waals surface area contributed by atoms with Gasteiger partial charge in [0.05, 0.1) is 16.7 Å². The molecule has 2 heterocycles. The van der Waals surface area contributed by atoms with Crippen LogP contribution in [0.3, 0.4) is 0 Å². The molecule has 0 aliphatic rings. The van der Waals surface area contributed by atoms with Crippen molar-refractivity contribution in [3.63, 3.8) is 0 Å². The number of hydrogen-bond donors (Lipinski definition) is 2. The van der Waals surface area contributed by atoms with Gasteiger partial charge in [0.2, 0.25) is 0 Å². The van der Waals surface area contributed by atoms with Crippen molar-refractivity contribution in [1.82, 2.24) is 9.97 Å². The molecule has 0 aliphatic carbocycles. The van der Waals surface area contributed by atoms with Crippen LogP contribution in [0.25, 0.3) is 0 Å². The van der Waals surface area contributed by atoms with E-state index in [9.17, 15) is 5.11 Å². The minimum Gasteiger partial charge on any atom is -0.386 e. The predicted octanol–water partition coefficient (Wildman–Crippen LogP) is 2.21. The molecule has 0 spiro atoms. The first-order chi connectivity index (χ1) is 8.69. The van der Waals surface area contributed by atoms with Crippen LogP contribution in [0.15, 0.2) is 24.5 Å². The molecule has 2 rings (SSSR count). The van der Waals surface area contributed by atoms with Gasteiger partial charge in [-0.1, -0.05) is 11.6 Å². The number of nitrogens with zero attached hydrogens (tertiary/aromatic N) is 3. The Balaban J connectivity index is 1.93. The van der Waals surface area contributed by atoms with Crippen molar-refractivity contribution in [2.45, 2.75) is 6.10 Å². The third-order valence-electron chi connectivity index (χ3n) is 2.17. The Labute approximate surface area is 113 Å². The van der Waals surface area contributed by atoms with Gasteiger partial charge in [0.15, 0.2) is 5.69 Å². The fourth-order valence-electron chi connectivity index (χ4n) is 1.29. The fourth-order valence-corrected chi connectivity index (χ4v) is 2.33. The van der Waals surface area contributed by atoms with Crippen molar-refractivity contribution in [1.29, 1.82) is 5.26 Å². The summed E-state index contributed by atoms with van der Waals surface area (Å²) >= 11 is 7.12. The van der Waals surface area contributed by atoms with Crippen molar-refractivity contribution in [3.05, 3.63) is 39.4 Å². The first kappa shape index (κ1) is 12.8. The van der Waals surface area contributed by atoms with E-state index in [1.54, 1.807) is 12.1 Å². The molecule has 18 heavy (non-hydrogen) atoms. The Hall–Kier alpha value is -1.68. The van der Waals surface area contributed by atoms with E-state index in [4.69, 9.17) is 16.9 Å². The smallest absolute Gasteiger partial charge is 0.158 e. The summed E-state index contributed by atoms with van der Waals surface area (Å²) in [5.74, 6) is 0.510. The van der Waals surface area contributed by atoms with Crippen LogP contribution in [0.5, 0.6) is 0 Å². The van der Waals surface area contributed by atoms with Crippen molar-refractivity contribution in [3.8, 4) is 6.07 Å². The zero-order valence-corrected chi connectivity index (χ0v) is 10.7. The Morgan fingerprint density at radius 1 is 1.44 bits per heavy atom. The fraction of sp³-hybridized carbons (Fsp3) is 0.182. The van der Waals surface area contributed by atoms with E-state index in [0.29, 0.717) is 16.7 Å². The Morgan fingerprint density at radius 3 is 2.83 bits per heavy atom. The van der Waals surface area contributed by atoms with Crippen LogP contribution in [0.2, 0.25) is 4.34 Å². The van der Waals surface area contributed by atoms with Gasteiger partial charge in [-0.2, -0.15) is 5.26 Å². The number of anilines is 1. The average molecular weight is 281 g/mol. The predicted molar refractivity (Wildman–Crippen MR) is 69.5 cm³/mol. The molecule has 0 bridgehead atoms. The van der Waals surface area contributed by atoms with E-state index in [-0.39, 0.29) is 5.69 Å². The van der Waals surface area contributed by atoms with Crippen LogP contribution in [-0.2, 0) is 0 Å². The van der Waals surface area contributed by atoms with Gasteiger partial charge in [-0.05, 0) is 12.1 Å². The molecule has 0 aliphatic heterocycles. The zero-order valence-electron chi connectivity index (χ0n) is 9.17. The third kappa shape index (κ3) is 3.17. The maximum absolute atomic E-state index is 9.88. The molecule has 7 heteroatoms. The topological polar surface area (TPSA) is 81.8 Å². The summed E-state index contributed by atoms with van der Waals surface area (Å²) < 4.78 is 0.641. The Kier molecular flexibility index (Phi) is 4.10. The molecule has 2 N–H and O–H groups in total. The SMILES string of the molecule is N#Cc1cnc(NCC(O)c2ccc(Cl)s2)cn1. The highest BCUT2D eigenvalue weighted by Gasteiger charge is 2.10. The van der Waals surface area contributed by atoms with E-state index in [2.05, 4.69) is 15.3 Å². The lowest BCUT2D eigenvalue weighted by Gasteiger charge is -2.10. The zero-order chi connectivity index (χ0) is 13.0. The van der Waals surface area contributed by atoms with Gasteiger partial charge >= 0.3 is 0 Å². The van der Waals surface area contributed by atoms with Crippen molar-refractivity contribution in [2.75, 3.05) is 11.9 Å². The van der Waals surface area contributed by atoms with Gasteiger partial charge in [0.1, 0.15) is 18.0 Å². The molecule has 2 aromatic heterocycles. The summed E-state index contributed by atoms with van der Waals surface area (Å²) in [4.78, 5) is 8.64. The lowest BCUT2D eigenvalue weighted by molar-refractivity contribution is 0.195. The maximum atomic E-state index is 9.88. The summed E-state index contributed by atoms with van der Waals surface area (Å²) in [6.45, 7) is 0.303. The van der Waals surface area contributed by atoms with Gasteiger partial charge in [-0.25, -0.2) is 9.97 Å². The molecule has 2 aromatic rings. The highest BCUT2D eigenvalue weighted by Crippen LogP contribution is 2.26. The molecule has 5 nitrogen and oxygen atoms in total. The number of aliphatic hydroxyl groups excluding tert-OH is 1. The van der Waals surface area contributed by atoms with E-state index in [1.807, 2.05) is 6.07 Å². The average Bonchev–Trinajstić information content (AvgIpc) is 2.83. The highest BCUT2D eigenvalue weighted by atomic mass is 35.5. The summed E-state index contributed by atoms with van der Waals surface area (Å²) in [6, 6.07) is 5.41. The molecule has 1 unspecified atom stereocenters. The van der Waals surface area contributed by atoms with Crippen molar-refractivity contribution in [2.24, 2.45) is 0 Å². The van der Waals surface area contributed by atoms with E-state index in [1.165, 1.54) is 23.7 Å². The molecule has 0 radical (unpaired) electrons. The molecule has 0 saturated carbocycles.